The number of hydrogen-bond acceptors (Lipinski definition) is 2. The molecule has 0 aromatic rings. The summed E-state index contributed by atoms with van der Waals surface area (Å²) in [4.78, 5) is 14.2. The van der Waals surface area contributed by atoms with Crippen molar-refractivity contribution in [1.29, 1.82) is 0 Å². The summed E-state index contributed by atoms with van der Waals surface area (Å²) in [7, 11) is 0. The average Bonchev–Trinajstić information content (AvgIpc) is 2.75. The standard InChI is InChI=1S/C13H26N2O/c1-4-11(9-14)12(16)15-8-7-13(5-2,6-3)10-15/h11H,4-10,14H2,1-3H3. The molecule has 3 heteroatoms. The van der Waals surface area contributed by atoms with Crippen molar-refractivity contribution in [2.75, 3.05) is 19.6 Å². The van der Waals surface area contributed by atoms with Crippen LogP contribution >= 0.6 is 0 Å². The third-order valence-corrected chi connectivity index (χ3v) is 4.38. The van der Waals surface area contributed by atoms with Gasteiger partial charge in [-0.15, -0.1) is 0 Å². The molecule has 0 saturated carbocycles. The van der Waals surface area contributed by atoms with Gasteiger partial charge in [0.15, 0.2) is 0 Å². The van der Waals surface area contributed by atoms with E-state index in [1.807, 2.05) is 11.8 Å². The number of nitrogens with two attached hydrogens (primary N) is 1. The van der Waals surface area contributed by atoms with Crippen molar-refractivity contribution >= 4 is 5.91 Å². The third-order valence-electron chi connectivity index (χ3n) is 4.38. The van der Waals surface area contributed by atoms with Crippen LogP contribution in [0, 0.1) is 11.3 Å². The number of hydrogen-bond donors (Lipinski definition) is 1. The summed E-state index contributed by atoms with van der Waals surface area (Å²) in [6.45, 7) is 8.86. The van der Waals surface area contributed by atoms with Gasteiger partial charge in [-0.3, -0.25) is 4.79 Å². The van der Waals surface area contributed by atoms with Crippen molar-refractivity contribution in [3.8, 4) is 0 Å². The van der Waals surface area contributed by atoms with E-state index in [9.17, 15) is 4.79 Å². The van der Waals surface area contributed by atoms with Crippen LogP contribution < -0.4 is 5.73 Å². The minimum atomic E-state index is 0.0320. The van der Waals surface area contributed by atoms with Gasteiger partial charge in [0.25, 0.3) is 0 Å². The van der Waals surface area contributed by atoms with Crippen molar-refractivity contribution in [3.05, 3.63) is 0 Å². The minimum absolute atomic E-state index is 0.0320. The predicted molar refractivity (Wildman–Crippen MR) is 67.0 cm³/mol. The van der Waals surface area contributed by atoms with E-state index in [2.05, 4.69) is 13.8 Å². The highest BCUT2D eigenvalue weighted by Gasteiger charge is 2.38. The topological polar surface area (TPSA) is 46.3 Å². The summed E-state index contributed by atoms with van der Waals surface area (Å²) < 4.78 is 0. The van der Waals surface area contributed by atoms with E-state index in [-0.39, 0.29) is 11.8 Å². The fourth-order valence-corrected chi connectivity index (χ4v) is 2.65. The molecule has 1 heterocycles. The molecule has 1 aliphatic rings. The first-order valence-corrected chi connectivity index (χ1v) is 6.61. The van der Waals surface area contributed by atoms with E-state index in [1.54, 1.807) is 0 Å². The van der Waals surface area contributed by atoms with Crippen LogP contribution in [0.1, 0.15) is 46.5 Å². The minimum Gasteiger partial charge on any atom is -0.342 e. The fourth-order valence-electron chi connectivity index (χ4n) is 2.65. The molecule has 0 aromatic heterocycles. The van der Waals surface area contributed by atoms with Gasteiger partial charge >= 0.3 is 0 Å². The van der Waals surface area contributed by atoms with Crippen molar-refractivity contribution in [3.63, 3.8) is 0 Å². The van der Waals surface area contributed by atoms with Crippen LogP contribution in [0.2, 0.25) is 0 Å². The summed E-state index contributed by atoms with van der Waals surface area (Å²) in [5.74, 6) is 0.304. The van der Waals surface area contributed by atoms with E-state index in [0.29, 0.717) is 12.0 Å². The lowest BCUT2D eigenvalue weighted by atomic mass is 9.82. The lowest BCUT2D eigenvalue weighted by Crippen LogP contribution is -2.38. The maximum Gasteiger partial charge on any atom is 0.226 e. The maximum atomic E-state index is 12.2. The van der Waals surface area contributed by atoms with Crippen LogP contribution in [0.4, 0.5) is 0 Å². The van der Waals surface area contributed by atoms with Gasteiger partial charge in [0, 0.05) is 19.6 Å². The molecule has 0 aliphatic carbocycles. The summed E-state index contributed by atoms with van der Waals surface area (Å²) in [5, 5.41) is 0. The van der Waals surface area contributed by atoms with Gasteiger partial charge in [0.1, 0.15) is 0 Å². The monoisotopic (exact) mass is 226 g/mol. The number of nitrogens with zero attached hydrogens (tertiary/aromatic N) is 1. The molecule has 1 rings (SSSR count). The smallest absolute Gasteiger partial charge is 0.226 e. The molecule has 0 aromatic carbocycles. The molecule has 16 heavy (non-hydrogen) atoms. The highest BCUT2D eigenvalue weighted by Crippen LogP contribution is 2.37. The average molecular weight is 226 g/mol. The Balaban J connectivity index is 2.61. The van der Waals surface area contributed by atoms with Gasteiger partial charge in [0.05, 0.1) is 5.92 Å². The van der Waals surface area contributed by atoms with Crippen LogP contribution in [0.25, 0.3) is 0 Å². The first-order valence-electron chi connectivity index (χ1n) is 6.61. The molecule has 1 amide bonds. The van der Waals surface area contributed by atoms with Crippen LogP contribution in [-0.4, -0.2) is 30.4 Å². The molecule has 1 atom stereocenters. The molecule has 2 N–H and O–H groups in total. The molecule has 1 fully saturated rings. The Morgan fingerprint density at radius 1 is 1.38 bits per heavy atom. The zero-order chi connectivity index (χ0) is 12.2. The Hall–Kier alpha value is -0.570. The first-order chi connectivity index (χ1) is 7.62. The molecule has 0 bridgehead atoms. The SMILES string of the molecule is CCC(CN)C(=O)N1CCC(CC)(CC)C1. The first kappa shape index (κ1) is 13.5. The zero-order valence-corrected chi connectivity index (χ0v) is 11.0. The predicted octanol–water partition coefficient (Wildman–Crippen LogP) is 2.01. The lowest BCUT2D eigenvalue weighted by Gasteiger charge is -2.27. The maximum absolute atomic E-state index is 12.2. The van der Waals surface area contributed by atoms with E-state index < -0.39 is 0 Å². The van der Waals surface area contributed by atoms with E-state index in [0.717, 1.165) is 25.9 Å². The second kappa shape index (κ2) is 5.67. The molecule has 0 radical (unpaired) electrons. The molecular formula is C13H26N2O. The quantitative estimate of drug-likeness (QED) is 0.779. The molecule has 3 nitrogen and oxygen atoms in total. The van der Waals surface area contributed by atoms with Crippen LogP contribution in [0.3, 0.4) is 0 Å². The van der Waals surface area contributed by atoms with Crippen LogP contribution in [0.5, 0.6) is 0 Å². The highest BCUT2D eigenvalue weighted by atomic mass is 16.2. The molecule has 1 saturated heterocycles. The van der Waals surface area contributed by atoms with E-state index in [4.69, 9.17) is 5.73 Å². The fraction of sp³-hybridized carbons (Fsp3) is 0.923. The van der Waals surface area contributed by atoms with E-state index >= 15 is 0 Å². The van der Waals surface area contributed by atoms with Gasteiger partial charge in [-0.25, -0.2) is 0 Å². The van der Waals surface area contributed by atoms with E-state index in [1.165, 1.54) is 12.8 Å². The Labute approximate surface area is 99.4 Å². The van der Waals surface area contributed by atoms with Crippen molar-refractivity contribution < 1.29 is 4.79 Å². The molecular weight excluding hydrogens is 200 g/mol. The lowest BCUT2D eigenvalue weighted by molar-refractivity contribution is -0.134. The Morgan fingerprint density at radius 3 is 2.38 bits per heavy atom. The van der Waals surface area contributed by atoms with Crippen LogP contribution in [0.15, 0.2) is 0 Å². The number of carbonyl (C=O) groups excluding carboxylic acids is 1. The molecule has 1 unspecified atom stereocenters. The van der Waals surface area contributed by atoms with Crippen molar-refractivity contribution in [2.45, 2.75) is 46.5 Å². The van der Waals surface area contributed by atoms with Gasteiger partial charge in [-0.1, -0.05) is 20.8 Å². The molecule has 0 spiro atoms. The highest BCUT2D eigenvalue weighted by molar-refractivity contribution is 5.79. The summed E-state index contributed by atoms with van der Waals surface area (Å²) in [6, 6.07) is 0. The second-order valence-electron chi connectivity index (χ2n) is 5.06. The molecule has 1 aliphatic heterocycles. The summed E-state index contributed by atoms with van der Waals surface area (Å²) in [5.41, 5.74) is 6.01. The Kier molecular flexibility index (Phi) is 4.78. The Morgan fingerprint density at radius 2 is 2.00 bits per heavy atom. The number of carbonyl (C=O) groups is 1. The Bertz CT molecular complexity index is 232. The van der Waals surface area contributed by atoms with Crippen molar-refractivity contribution in [1.82, 2.24) is 4.90 Å². The van der Waals surface area contributed by atoms with Gasteiger partial charge in [-0.05, 0) is 31.1 Å². The number of likely N-dealkylation sites (tertiary alicyclic amines) is 1. The number of amides is 1. The van der Waals surface area contributed by atoms with Gasteiger partial charge in [0.2, 0.25) is 5.91 Å². The van der Waals surface area contributed by atoms with Crippen molar-refractivity contribution in [2.24, 2.45) is 17.1 Å². The van der Waals surface area contributed by atoms with Gasteiger partial charge in [-0.2, -0.15) is 0 Å². The second-order valence-corrected chi connectivity index (χ2v) is 5.06. The molecule has 94 valence electrons. The largest absolute Gasteiger partial charge is 0.342 e. The van der Waals surface area contributed by atoms with Gasteiger partial charge < -0.3 is 10.6 Å². The normalized spacial score (nSPS) is 21.1. The number of rotatable bonds is 5. The third kappa shape index (κ3) is 2.57. The zero-order valence-electron chi connectivity index (χ0n) is 11.0. The summed E-state index contributed by atoms with van der Waals surface area (Å²) in [6.07, 6.45) is 4.36. The van der Waals surface area contributed by atoms with Crippen LogP contribution in [-0.2, 0) is 4.79 Å². The summed E-state index contributed by atoms with van der Waals surface area (Å²) >= 11 is 0.